The van der Waals surface area contributed by atoms with Crippen molar-refractivity contribution < 1.29 is 9.53 Å². The van der Waals surface area contributed by atoms with Gasteiger partial charge in [0.1, 0.15) is 5.75 Å². The summed E-state index contributed by atoms with van der Waals surface area (Å²) < 4.78 is 6.02. The summed E-state index contributed by atoms with van der Waals surface area (Å²) in [5, 5.41) is 3.50. The number of nitrogens with one attached hydrogen (secondary N) is 1. The summed E-state index contributed by atoms with van der Waals surface area (Å²) in [4.78, 5) is 12.0. The highest BCUT2D eigenvalue weighted by Gasteiger charge is 2.06. The van der Waals surface area contributed by atoms with Crippen LogP contribution in [0.2, 0.25) is 5.02 Å². The number of hydrogen-bond acceptors (Lipinski definition) is 2. The van der Waals surface area contributed by atoms with Gasteiger partial charge in [-0.25, -0.2) is 0 Å². The number of amides is 1. The monoisotopic (exact) mass is 395 g/mol. The molecule has 23 heavy (non-hydrogen) atoms. The molecule has 0 atom stereocenters. The molecule has 0 unspecified atom stereocenters. The van der Waals surface area contributed by atoms with Gasteiger partial charge < -0.3 is 10.1 Å². The zero-order chi connectivity index (χ0) is 16.8. The number of carbonyl (C=O) groups excluding carboxylic acids is 1. The van der Waals surface area contributed by atoms with Gasteiger partial charge in [0.05, 0.1) is 12.1 Å². The van der Waals surface area contributed by atoms with Gasteiger partial charge in [-0.1, -0.05) is 23.7 Å². The van der Waals surface area contributed by atoms with Crippen LogP contribution in [0.3, 0.4) is 0 Å². The predicted molar refractivity (Wildman–Crippen MR) is 98.5 cm³/mol. The molecular formula is C18H19BrClNO2. The standard InChI is InChI=1S/C18H19BrClNO2/c1-12-10-13(6-9-17(12)23-2)4-3-5-18(22)21-14-7-8-16(20)15(19)11-14/h6-11H,3-5H2,1-2H3,(H,21,22). The summed E-state index contributed by atoms with van der Waals surface area (Å²) in [6.45, 7) is 2.02. The summed E-state index contributed by atoms with van der Waals surface area (Å²) in [6, 6.07) is 11.5. The fourth-order valence-corrected chi connectivity index (χ4v) is 2.84. The van der Waals surface area contributed by atoms with Crippen LogP contribution in [0.5, 0.6) is 5.75 Å². The van der Waals surface area contributed by atoms with Gasteiger partial charge in [0, 0.05) is 16.6 Å². The van der Waals surface area contributed by atoms with Crippen LogP contribution < -0.4 is 10.1 Å². The van der Waals surface area contributed by atoms with Crippen molar-refractivity contribution in [2.24, 2.45) is 0 Å². The summed E-state index contributed by atoms with van der Waals surface area (Å²) in [7, 11) is 1.67. The molecule has 0 aliphatic rings. The Morgan fingerprint density at radius 1 is 1.26 bits per heavy atom. The van der Waals surface area contributed by atoms with Crippen molar-refractivity contribution in [1.29, 1.82) is 0 Å². The first kappa shape index (κ1) is 17.8. The van der Waals surface area contributed by atoms with Gasteiger partial charge in [-0.2, -0.15) is 0 Å². The van der Waals surface area contributed by atoms with Crippen LogP contribution in [0.1, 0.15) is 24.0 Å². The number of aryl methyl sites for hydroxylation is 2. The third kappa shape index (κ3) is 5.26. The third-order valence-corrected chi connectivity index (χ3v) is 4.75. The average molecular weight is 397 g/mol. The van der Waals surface area contributed by atoms with Crippen LogP contribution in [-0.4, -0.2) is 13.0 Å². The molecule has 0 aliphatic heterocycles. The SMILES string of the molecule is COc1ccc(CCCC(=O)Nc2ccc(Cl)c(Br)c2)cc1C. The van der Waals surface area contributed by atoms with Gasteiger partial charge >= 0.3 is 0 Å². The normalized spacial score (nSPS) is 10.4. The van der Waals surface area contributed by atoms with E-state index < -0.39 is 0 Å². The van der Waals surface area contributed by atoms with Crippen LogP contribution in [0, 0.1) is 6.92 Å². The molecule has 0 saturated heterocycles. The zero-order valence-electron chi connectivity index (χ0n) is 13.2. The van der Waals surface area contributed by atoms with Crippen molar-refractivity contribution in [2.45, 2.75) is 26.2 Å². The van der Waals surface area contributed by atoms with Crippen molar-refractivity contribution in [3.63, 3.8) is 0 Å². The number of benzene rings is 2. The fraction of sp³-hybridized carbons (Fsp3) is 0.278. The van der Waals surface area contributed by atoms with E-state index in [2.05, 4.69) is 27.3 Å². The lowest BCUT2D eigenvalue weighted by Crippen LogP contribution is -2.11. The van der Waals surface area contributed by atoms with E-state index in [9.17, 15) is 4.79 Å². The molecule has 0 bridgehead atoms. The first-order valence-corrected chi connectivity index (χ1v) is 8.55. The molecule has 0 radical (unpaired) electrons. The van der Waals surface area contributed by atoms with E-state index in [1.165, 1.54) is 5.56 Å². The summed E-state index contributed by atoms with van der Waals surface area (Å²) in [5.74, 6) is 0.893. The van der Waals surface area contributed by atoms with Crippen molar-refractivity contribution in [3.8, 4) is 5.75 Å². The second-order valence-electron chi connectivity index (χ2n) is 5.33. The van der Waals surface area contributed by atoms with Crippen molar-refractivity contribution >= 4 is 39.1 Å². The Balaban J connectivity index is 1.82. The molecule has 0 spiro atoms. The van der Waals surface area contributed by atoms with Gasteiger partial charge in [-0.15, -0.1) is 0 Å². The van der Waals surface area contributed by atoms with Gasteiger partial charge in [0.2, 0.25) is 5.91 Å². The molecule has 0 saturated carbocycles. The number of methoxy groups -OCH3 is 1. The number of hydrogen-bond donors (Lipinski definition) is 1. The van der Waals surface area contributed by atoms with Crippen molar-refractivity contribution in [1.82, 2.24) is 0 Å². The molecule has 1 amide bonds. The lowest BCUT2D eigenvalue weighted by atomic mass is 10.0. The Kier molecular flexibility index (Phi) is 6.48. The highest BCUT2D eigenvalue weighted by molar-refractivity contribution is 9.10. The Labute approximate surface area is 150 Å². The second-order valence-corrected chi connectivity index (χ2v) is 6.60. The number of carbonyl (C=O) groups is 1. The lowest BCUT2D eigenvalue weighted by molar-refractivity contribution is -0.116. The number of ether oxygens (including phenoxy) is 1. The highest BCUT2D eigenvalue weighted by Crippen LogP contribution is 2.25. The number of anilines is 1. The van der Waals surface area contributed by atoms with Gasteiger partial charge in [-0.3, -0.25) is 4.79 Å². The fourth-order valence-electron chi connectivity index (χ4n) is 2.35. The van der Waals surface area contributed by atoms with E-state index in [0.717, 1.165) is 34.3 Å². The minimum Gasteiger partial charge on any atom is -0.496 e. The maximum Gasteiger partial charge on any atom is 0.224 e. The molecule has 0 fully saturated rings. The molecule has 2 aromatic rings. The zero-order valence-corrected chi connectivity index (χ0v) is 15.5. The summed E-state index contributed by atoms with van der Waals surface area (Å²) >= 11 is 9.28. The Hall–Kier alpha value is -1.52. The topological polar surface area (TPSA) is 38.3 Å². The molecule has 0 aromatic heterocycles. The van der Waals surface area contributed by atoms with Gasteiger partial charge in [0.15, 0.2) is 0 Å². The first-order chi connectivity index (χ1) is 11.0. The quantitative estimate of drug-likeness (QED) is 0.712. The molecule has 2 rings (SSSR count). The van der Waals surface area contributed by atoms with E-state index in [4.69, 9.17) is 16.3 Å². The maximum atomic E-state index is 12.0. The molecule has 0 aliphatic carbocycles. The summed E-state index contributed by atoms with van der Waals surface area (Å²) in [6.07, 6.45) is 2.14. The minimum atomic E-state index is 0.00413. The second kappa shape index (κ2) is 8.37. The van der Waals surface area contributed by atoms with E-state index in [1.807, 2.05) is 19.1 Å². The highest BCUT2D eigenvalue weighted by atomic mass is 79.9. The van der Waals surface area contributed by atoms with Gasteiger partial charge in [-0.05, 0) is 71.1 Å². The summed E-state index contributed by atoms with van der Waals surface area (Å²) in [5.41, 5.74) is 3.07. The molecule has 3 nitrogen and oxygen atoms in total. The van der Waals surface area contributed by atoms with Crippen LogP contribution in [0.15, 0.2) is 40.9 Å². The predicted octanol–water partition coefficient (Wildman–Crippen LogP) is 5.38. The van der Waals surface area contributed by atoms with Gasteiger partial charge in [0.25, 0.3) is 0 Å². The first-order valence-electron chi connectivity index (χ1n) is 7.38. The third-order valence-electron chi connectivity index (χ3n) is 3.53. The Morgan fingerprint density at radius 2 is 2.04 bits per heavy atom. The average Bonchev–Trinajstić information content (AvgIpc) is 2.51. The van der Waals surface area contributed by atoms with E-state index in [-0.39, 0.29) is 5.91 Å². The minimum absolute atomic E-state index is 0.00413. The number of rotatable bonds is 6. The molecule has 2 aromatic carbocycles. The van der Waals surface area contributed by atoms with Crippen molar-refractivity contribution in [2.75, 3.05) is 12.4 Å². The smallest absolute Gasteiger partial charge is 0.224 e. The Morgan fingerprint density at radius 3 is 2.70 bits per heavy atom. The van der Waals surface area contributed by atoms with Crippen LogP contribution in [-0.2, 0) is 11.2 Å². The van der Waals surface area contributed by atoms with Crippen LogP contribution in [0.25, 0.3) is 0 Å². The molecule has 5 heteroatoms. The van der Waals surface area contributed by atoms with Crippen molar-refractivity contribution in [3.05, 3.63) is 57.0 Å². The van der Waals surface area contributed by atoms with E-state index >= 15 is 0 Å². The van der Waals surface area contributed by atoms with E-state index in [1.54, 1.807) is 25.3 Å². The van der Waals surface area contributed by atoms with E-state index in [0.29, 0.717) is 11.4 Å². The van der Waals surface area contributed by atoms with Crippen LogP contribution in [0.4, 0.5) is 5.69 Å². The molecular weight excluding hydrogens is 378 g/mol. The number of halogens is 2. The maximum absolute atomic E-state index is 12.0. The molecule has 0 heterocycles. The molecule has 1 N–H and O–H groups in total. The van der Waals surface area contributed by atoms with Crippen LogP contribution >= 0.6 is 27.5 Å². The largest absolute Gasteiger partial charge is 0.496 e. The Bertz CT molecular complexity index is 703. The molecule has 122 valence electrons. The lowest BCUT2D eigenvalue weighted by Gasteiger charge is -2.08.